The van der Waals surface area contributed by atoms with Crippen molar-refractivity contribution in [3.05, 3.63) is 64.7 Å². The summed E-state index contributed by atoms with van der Waals surface area (Å²) in [7, 11) is 0. The van der Waals surface area contributed by atoms with Crippen LogP contribution in [0, 0.1) is 11.8 Å². The summed E-state index contributed by atoms with van der Waals surface area (Å²) >= 11 is 6.00. The molecule has 0 bridgehead atoms. The van der Waals surface area contributed by atoms with Crippen molar-refractivity contribution in [2.45, 2.75) is 57.8 Å². The van der Waals surface area contributed by atoms with Crippen molar-refractivity contribution < 1.29 is 9.59 Å². The Labute approximate surface area is 214 Å². The van der Waals surface area contributed by atoms with Gasteiger partial charge in [-0.2, -0.15) is 0 Å². The van der Waals surface area contributed by atoms with Crippen LogP contribution in [0.2, 0.25) is 5.02 Å². The summed E-state index contributed by atoms with van der Waals surface area (Å²) in [6, 6.07) is 16.2. The van der Waals surface area contributed by atoms with Crippen LogP contribution in [0.25, 0.3) is 0 Å². The molecule has 35 heavy (non-hydrogen) atoms. The number of piperidine rings is 1. The van der Waals surface area contributed by atoms with E-state index in [0.717, 1.165) is 69.0 Å². The van der Waals surface area contributed by atoms with Gasteiger partial charge < -0.3 is 15.5 Å². The average Bonchev–Trinajstić information content (AvgIpc) is 2.83. The molecule has 1 saturated heterocycles. The standard InChI is InChI=1S/C29H38ClN3O2/c1-20(2)28(34)32-25-6-3-5-23(19-25)21-13-17-33(18-14-21)16-4-15-31-29(35)27-12-11-26(27)22-7-9-24(30)10-8-22/h3,5-10,19-21,26-27H,4,11-18H2,1-2H3,(H,31,35)(H,32,34). The topological polar surface area (TPSA) is 61.4 Å². The summed E-state index contributed by atoms with van der Waals surface area (Å²) in [6.45, 7) is 7.71. The summed E-state index contributed by atoms with van der Waals surface area (Å²) in [6.07, 6.45) is 5.26. The van der Waals surface area contributed by atoms with Gasteiger partial charge in [-0.1, -0.05) is 49.7 Å². The summed E-state index contributed by atoms with van der Waals surface area (Å²) < 4.78 is 0. The third-order valence-electron chi connectivity index (χ3n) is 7.60. The lowest BCUT2D eigenvalue weighted by Crippen LogP contribution is -2.41. The Hall–Kier alpha value is -2.37. The summed E-state index contributed by atoms with van der Waals surface area (Å²) in [4.78, 5) is 27.2. The van der Waals surface area contributed by atoms with Crippen LogP contribution in [0.3, 0.4) is 0 Å². The van der Waals surface area contributed by atoms with Crippen molar-refractivity contribution in [3.63, 3.8) is 0 Å². The largest absolute Gasteiger partial charge is 0.356 e. The van der Waals surface area contributed by atoms with Crippen LogP contribution < -0.4 is 10.6 Å². The van der Waals surface area contributed by atoms with E-state index in [1.54, 1.807) is 0 Å². The zero-order chi connectivity index (χ0) is 24.8. The van der Waals surface area contributed by atoms with Crippen molar-refractivity contribution >= 4 is 29.1 Å². The van der Waals surface area contributed by atoms with Crippen LogP contribution >= 0.6 is 11.6 Å². The van der Waals surface area contributed by atoms with Gasteiger partial charge in [-0.15, -0.1) is 0 Å². The fourth-order valence-corrected chi connectivity index (χ4v) is 5.34. The van der Waals surface area contributed by atoms with Crippen LogP contribution in [0.4, 0.5) is 5.69 Å². The molecule has 1 saturated carbocycles. The SMILES string of the molecule is CC(C)C(=O)Nc1cccc(C2CCN(CCCNC(=O)C3CCC3c3ccc(Cl)cc3)CC2)c1. The molecule has 0 radical (unpaired) electrons. The third-order valence-corrected chi connectivity index (χ3v) is 7.85. The third kappa shape index (κ3) is 6.86. The maximum atomic E-state index is 12.7. The maximum Gasteiger partial charge on any atom is 0.226 e. The van der Waals surface area contributed by atoms with Crippen LogP contribution in [0.1, 0.15) is 68.9 Å². The van der Waals surface area contributed by atoms with Crippen molar-refractivity contribution in [2.24, 2.45) is 11.8 Å². The van der Waals surface area contributed by atoms with Gasteiger partial charge in [0.2, 0.25) is 11.8 Å². The van der Waals surface area contributed by atoms with E-state index in [4.69, 9.17) is 11.6 Å². The van der Waals surface area contributed by atoms with E-state index in [-0.39, 0.29) is 23.7 Å². The van der Waals surface area contributed by atoms with E-state index in [2.05, 4.69) is 27.7 Å². The highest BCUT2D eigenvalue weighted by Gasteiger charge is 2.37. The first-order valence-corrected chi connectivity index (χ1v) is 13.4. The van der Waals surface area contributed by atoms with Crippen LogP contribution in [0.15, 0.2) is 48.5 Å². The molecule has 2 aliphatic rings. The molecule has 2 unspecified atom stereocenters. The zero-order valence-electron chi connectivity index (χ0n) is 20.9. The Balaban J connectivity index is 1.15. The minimum absolute atomic E-state index is 0.0229. The van der Waals surface area contributed by atoms with E-state index in [1.807, 2.05) is 50.2 Å². The predicted octanol–water partition coefficient (Wildman–Crippen LogP) is 5.81. The van der Waals surface area contributed by atoms with Crippen molar-refractivity contribution in [3.8, 4) is 0 Å². The summed E-state index contributed by atoms with van der Waals surface area (Å²) in [5.41, 5.74) is 3.43. The molecule has 2 aromatic carbocycles. The Morgan fingerprint density at radius 1 is 1.00 bits per heavy atom. The van der Waals surface area contributed by atoms with E-state index in [0.29, 0.717) is 11.8 Å². The van der Waals surface area contributed by atoms with Gasteiger partial charge in [0.15, 0.2) is 0 Å². The Morgan fingerprint density at radius 2 is 1.74 bits per heavy atom. The van der Waals surface area contributed by atoms with E-state index in [9.17, 15) is 9.59 Å². The molecule has 5 nitrogen and oxygen atoms in total. The molecule has 1 aliphatic carbocycles. The number of amides is 2. The molecule has 2 aromatic rings. The lowest BCUT2D eigenvalue weighted by molar-refractivity contribution is -0.128. The molecular weight excluding hydrogens is 458 g/mol. The minimum atomic E-state index is -0.0229. The number of nitrogens with one attached hydrogen (secondary N) is 2. The second-order valence-electron chi connectivity index (χ2n) is 10.4. The molecule has 1 aliphatic heterocycles. The highest BCUT2D eigenvalue weighted by Crippen LogP contribution is 2.42. The number of anilines is 1. The quantitative estimate of drug-likeness (QED) is 0.431. The van der Waals surface area contributed by atoms with Gasteiger partial charge in [0.1, 0.15) is 0 Å². The number of hydrogen-bond donors (Lipinski definition) is 2. The predicted molar refractivity (Wildman–Crippen MR) is 143 cm³/mol. The lowest BCUT2D eigenvalue weighted by Gasteiger charge is -2.36. The summed E-state index contributed by atoms with van der Waals surface area (Å²) in [5, 5.41) is 6.93. The number of benzene rings is 2. The number of halogens is 1. The Kier molecular flexibility index (Phi) is 8.85. The highest BCUT2D eigenvalue weighted by atomic mass is 35.5. The van der Waals surface area contributed by atoms with Gasteiger partial charge in [-0.05, 0) is 99.0 Å². The first kappa shape index (κ1) is 25.7. The van der Waals surface area contributed by atoms with E-state index < -0.39 is 0 Å². The van der Waals surface area contributed by atoms with Gasteiger partial charge in [0.25, 0.3) is 0 Å². The van der Waals surface area contributed by atoms with Crippen LogP contribution in [0.5, 0.6) is 0 Å². The number of carbonyl (C=O) groups excluding carboxylic acids is 2. The molecule has 188 valence electrons. The van der Waals surface area contributed by atoms with E-state index in [1.165, 1.54) is 11.1 Å². The monoisotopic (exact) mass is 495 g/mol. The fraction of sp³-hybridized carbons (Fsp3) is 0.517. The van der Waals surface area contributed by atoms with Crippen molar-refractivity contribution in [1.82, 2.24) is 10.2 Å². The fourth-order valence-electron chi connectivity index (χ4n) is 5.21. The molecule has 4 rings (SSSR count). The van der Waals surface area contributed by atoms with Crippen LogP contribution in [-0.2, 0) is 9.59 Å². The number of hydrogen-bond acceptors (Lipinski definition) is 3. The average molecular weight is 496 g/mol. The molecule has 1 heterocycles. The molecule has 2 fully saturated rings. The molecule has 0 spiro atoms. The minimum Gasteiger partial charge on any atom is -0.356 e. The molecule has 0 aromatic heterocycles. The first-order chi connectivity index (χ1) is 16.9. The van der Waals surface area contributed by atoms with Gasteiger partial charge in [0, 0.05) is 29.1 Å². The lowest BCUT2D eigenvalue weighted by atomic mass is 9.69. The number of nitrogens with zero attached hydrogens (tertiary/aromatic N) is 1. The van der Waals surface area contributed by atoms with Gasteiger partial charge in [-0.3, -0.25) is 9.59 Å². The number of carbonyl (C=O) groups is 2. The molecule has 2 atom stereocenters. The van der Waals surface area contributed by atoms with Crippen molar-refractivity contribution in [2.75, 3.05) is 31.5 Å². The summed E-state index contributed by atoms with van der Waals surface area (Å²) in [5.74, 6) is 1.17. The molecule has 6 heteroatoms. The van der Waals surface area contributed by atoms with Gasteiger partial charge >= 0.3 is 0 Å². The van der Waals surface area contributed by atoms with E-state index >= 15 is 0 Å². The number of likely N-dealkylation sites (tertiary alicyclic amines) is 1. The molecule has 2 N–H and O–H groups in total. The first-order valence-electron chi connectivity index (χ1n) is 13.1. The van der Waals surface area contributed by atoms with Crippen LogP contribution in [-0.4, -0.2) is 42.9 Å². The Morgan fingerprint density at radius 3 is 2.40 bits per heavy atom. The number of rotatable bonds is 9. The van der Waals surface area contributed by atoms with Gasteiger partial charge in [0.05, 0.1) is 0 Å². The second-order valence-corrected chi connectivity index (χ2v) is 10.8. The molecule has 2 amide bonds. The second kappa shape index (κ2) is 12.0. The zero-order valence-corrected chi connectivity index (χ0v) is 21.7. The Bertz CT molecular complexity index is 999. The molecular formula is C29H38ClN3O2. The highest BCUT2D eigenvalue weighted by molar-refractivity contribution is 6.30. The smallest absolute Gasteiger partial charge is 0.226 e. The maximum absolute atomic E-state index is 12.7. The van der Waals surface area contributed by atoms with Gasteiger partial charge in [-0.25, -0.2) is 0 Å². The normalized spacial score (nSPS) is 20.9. The van der Waals surface area contributed by atoms with Crippen molar-refractivity contribution in [1.29, 1.82) is 0 Å².